The van der Waals surface area contributed by atoms with Crippen LogP contribution < -0.4 is 20.9 Å². The first kappa shape index (κ1) is 17.1. The van der Waals surface area contributed by atoms with Crippen LogP contribution in [0.25, 0.3) is 0 Å². The van der Waals surface area contributed by atoms with Gasteiger partial charge in [0, 0.05) is 16.3 Å². The molecular formula is C16H16ClN3O2S. The minimum absolute atomic E-state index is 0.275. The largest absolute Gasteiger partial charge is 0.497 e. The molecule has 0 radical (unpaired) electrons. The Morgan fingerprint density at radius 2 is 1.83 bits per heavy atom. The van der Waals surface area contributed by atoms with E-state index in [1.165, 1.54) is 0 Å². The van der Waals surface area contributed by atoms with Gasteiger partial charge in [0.15, 0.2) is 5.11 Å². The van der Waals surface area contributed by atoms with Gasteiger partial charge in [-0.05, 0) is 67.2 Å². The molecule has 0 unspecified atom stereocenters. The summed E-state index contributed by atoms with van der Waals surface area (Å²) in [5.74, 6) is 0.384. The molecule has 3 N–H and O–H groups in total. The number of anilines is 1. The Bertz CT molecular complexity index is 720. The summed E-state index contributed by atoms with van der Waals surface area (Å²) in [6.45, 7) is 1.91. The van der Waals surface area contributed by atoms with E-state index in [4.69, 9.17) is 28.6 Å². The highest BCUT2D eigenvalue weighted by Gasteiger charge is 2.07. The second-order valence-electron chi connectivity index (χ2n) is 4.72. The van der Waals surface area contributed by atoms with E-state index >= 15 is 0 Å². The number of ether oxygens (including phenoxy) is 1. The van der Waals surface area contributed by atoms with Crippen LogP contribution in [0.5, 0.6) is 5.75 Å². The van der Waals surface area contributed by atoms with Gasteiger partial charge in [0.2, 0.25) is 0 Å². The highest BCUT2D eigenvalue weighted by molar-refractivity contribution is 7.80. The van der Waals surface area contributed by atoms with Gasteiger partial charge in [-0.25, -0.2) is 0 Å². The third-order valence-corrected chi connectivity index (χ3v) is 3.52. The number of nitrogens with one attached hydrogen (secondary N) is 3. The number of thiocarbonyl (C=S) groups is 1. The number of amides is 1. The average Bonchev–Trinajstić information content (AvgIpc) is 2.55. The van der Waals surface area contributed by atoms with Gasteiger partial charge in [0.1, 0.15) is 5.75 Å². The van der Waals surface area contributed by atoms with Crippen LogP contribution in [0.4, 0.5) is 5.69 Å². The highest BCUT2D eigenvalue weighted by Crippen LogP contribution is 2.19. The number of methoxy groups -OCH3 is 1. The monoisotopic (exact) mass is 349 g/mol. The summed E-state index contributed by atoms with van der Waals surface area (Å²) >= 11 is 11.0. The van der Waals surface area contributed by atoms with E-state index in [1.54, 1.807) is 37.4 Å². The quantitative estimate of drug-likeness (QED) is 0.586. The molecule has 23 heavy (non-hydrogen) atoms. The second kappa shape index (κ2) is 7.80. The molecule has 2 aromatic carbocycles. The first-order valence-electron chi connectivity index (χ1n) is 6.77. The molecule has 0 aromatic heterocycles. The predicted molar refractivity (Wildman–Crippen MR) is 96.0 cm³/mol. The van der Waals surface area contributed by atoms with Crippen molar-refractivity contribution in [1.82, 2.24) is 10.9 Å². The van der Waals surface area contributed by atoms with Crippen molar-refractivity contribution in [2.24, 2.45) is 0 Å². The van der Waals surface area contributed by atoms with Gasteiger partial charge in [-0.3, -0.25) is 15.6 Å². The summed E-state index contributed by atoms with van der Waals surface area (Å²) in [7, 11) is 1.57. The lowest BCUT2D eigenvalue weighted by atomic mass is 10.2. The molecule has 0 atom stereocenters. The number of hydrazine groups is 1. The molecule has 0 aliphatic carbocycles. The summed E-state index contributed by atoms with van der Waals surface area (Å²) in [4.78, 5) is 12.0. The molecule has 0 bridgehead atoms. The van der Waals surface area contributed by atoms with Crippen LogP contribution in [-0.4, -0.2) is 18.1 Å². The fourth-order valence-corrected chi connectivity index (χ4v) is 2.24. The maximum atomic E-state index is 12.0. The summed E-state index contributed by atoms with van der Waals surface area (Å²) in [6.07, 6.45) is 0. The van der Waals surface area contributed by atoms with Gasteiger partial charge in [-0.15, -0.1) is 0 Å². The lowest BCUT2D eigenvalue weighted by Gasteiger charge is -2.13. The van der Waals surface area contributed by atoms with Crippen LogP contribution in [-0.2, 0) is 0 Å². The van der Waals surface area contributed by atoms with Gasteiger partial charge in [0.25, 0.3) is 5.91 Å². The van der Waals surface area contributed by atoms with Crippen molar-refractivity contribution < 1.29 is 9.53 Å². The van der Waals surface area contributed by atoms with Crippen molar-refractivity contribution in [2.75, 3.05) is 12.4 Å². The Hall–Kier alpha value is -2.31. The van der Waals surface area contributed by atoms with E-state index < -0.39 is 0 Å². The Morgan fingerprint density at radius 1 is 1.13 bits per heavy atom. The normalized spacial score (nSPS) is 9.87. The minimum atomic E-state index is -0.301. The molecular weight excluding hydrogens is 334 g/mol. The zero-order valence-electron chi connectivity index (χ0n) is 12.6. The van der Waals surface area contributed by atoms with Crippen molar-refractivity contribution in [3.05, 3.63) is 58.6 Å². The molecule has 0 aliphatic heterocycles. The van der Waals surface area contributed by atoms with E-state index in [9.17, 15) is 4.79 Å². The fraction of sp³-hybridized carbons (Fsp3) is 0.125. The first-order chi connectivity index (χ1) is 11.0. The maximum absolute atomic E-state index is 12.0. The minimum Gasteiger partial charge on any atom is -0.497 e. The lowest BCUT2D eigenvalue weighted by Crippen LogP contribution is -2.43. The van der Waals surface area contributed by atoms with Crippen LogP contribution in [0.15, 0.2) is 42.5 Å². The van der Waals surface area contributed by atoms with Crippen molar-refractivity contribution >= 4 is 40.5 Å². The zero-order valence-corrected chi connectivity index (χ0v) is 14.2. The molecule has 2 aromatic rings. The molecule has 0 saturated carbocycles. The number of hydrogen-bond donors (Lipinski definition) is 3. The third-order valence-electron chi connectivity index (χ3n) is 3.08. The molecule has 0 saturated heterocycles. The fourth-order valence-electron chi connectivity index (χ4n) is 1.85. The van der Waals surface area contributed by atoms with E-state index in [1.807, 2.05) is 19.1 Å². The van der Waals surface area contributed by atoms with Crippen molar-refractivity contribution in [3.63, 3.8) is 0 Å². The summed E-state index contributed by atoms with van der Waals surface area (Å²) in [5, 5.41) is 3.92. The second-order valence-corrected chi connectivity index (χ2v) is 5.57. The Balaban J connectivity index is 1.89. The van der Waals surface area contributed by atoms with Gasteiger partial charge in [-0.1, -0.05) is 11.6 Å². The summed E-state index contributed by atoms with van der Waals surface area (Å²) in [6, 6.07) is 12.1. The maximum Gasteiger partial charge on any atom is 0.269 e. The number of rotatable bonds is 3. The van der Waals surface area contributed by atoms with Gasteiger partial charge < -0.3 is 10.1 Å². The third kappa shape index (κ3) is 4.84. The van der Waals surface area contributed by atoms with E-state index in [-0.39, 0.29) is 11.0 Å². The van der Waals surface area contributed by atoms with Gasteiger partial charge in [-0.2, -0.15) is 0 Å². The molecule has 120 valence electrons. The molecule has 7 heteroatoms. The van der Waals surface area contributed by atoms with Crippen molar-refractivity contribution in [1.29, 1.82) is 0 Å². The molecule has 2 rings (SSSR count). The molecule has 0 spiro atoms. The number of carbonyl (C=O) groups excluding carboxylic acids is 1. The number of aryl methyl sites for hydroxylation is 1. The lowest BCUT2D eigenvalue weighted by molar-refractivity contribution is 0.0944. The standard InChI is InChI=1S/C16H16ClN3O2S/c1-10-9-12(17)5-8-14(10)18-16(23)20-19-15(21)11-3-6-13(22-2)7-4-11/h3-9H,1-2H3,(H,19,21)(H2,18,20,23). The summed E-state index contributed by atoms with van der Waals surface area (Å²) in [5.41, 5.74) is 7.43. The van der Waals surface area contributed by atoms with Crippen molar-refractivity contribution in [2.45, 2.75) is 6.92 Å². The Kier molecular flexibility index (Phi) is 5.78. The summed E-state index contributed by atoms with van der Waals surface area (Å²) < 4.78 is 5.05. The van der Waals surface area contributed by atoms with Crippen molar-refractivity contribution in [3.8, 4) is 5.75 Å². The van der Waals surface area contributed by atoms with E-state index in [0.717, 1.165) is 11.3 Å². The van der Waals surface area contributed by atoms with Crippen LogP contribution >= 0.6 is 23.8 Å². The zero-order chi connectivity index (χ0) is 16.8. The molecule has 1 amide bonds. The number of hydrogen-bond acceptors (Lipinski definition) is 3. The highest BCUT2D eigenvalue weighted by atomic mass is 35.5. The number of halogens is 1. The van der Waals surface area contributed by atoms with Crippen LogP contribution in [0.2, 0.25) is 5.02 Å². The number of benzene rings is 2. The Labute approximate surface area is 145 Å². The van der Waals surface area contributed by atoms with Gasteiger partial charge >= 0.3 is 0 Å². The van der Waals surface area contributed by atoms with E-state index in [0.29, 0.717) is 16.3 Å². The molecule has 0 aliphatic rings. The van der Waals surface area contributed by atoms with Crippen LogP contribution in [0.3, 0.4) is 0 Å². The van der Waals surface area contributed by atoms with Crippen LogP contribution in [0.1, 0.15) is 15.9 Å². The average molecular weight is 350 g/mol. The van der Waals surface area contributed by atoms with E-state index in [2.05, 4.69) is 16.2 Å². The smallest absolute Gasteiger partial charge is 0.269 e. The number of carbonyl (C=O) groups is 1. The van der Waals surface area contributed by atoms with Crippen LogP contribution in [0, 0.1) is 6.92 Å². The SMILES string of the molecule is COc1ccc(C(=O)NNC(=S)Nc2ccc(Cl)cc2C)cc1. The molecule has 5 nitrogen and oxygen atoms in total. The molecule has 0 heterocycles. The Morgan fingerprint density at radius 3 is 2.43 bits per heavy atom. The van der Waals surface area contributed by atoms with Gasteiger partial charge in [0.05, 0.1) is 7.11 Å². The molecule has 0 fully saturated rings. The topological polar surface area (TPSA) is 62.4 Å². The first-order valence-corrected chi connectivity index (χ1v) is 7.56. The predicted octanol–water partition coefficient (Wildman–Crippen LogP) is 3.29.